The number of hydrogen-bond acceptors (Lipinski definition) is 22. The van der Waals surface area contributed by atoms with Crippen molar-refractivity contribution in [1.29, 1.82) is 0 Å². The summed E-state index contributed by atoms with van der Waals surface area (Å²) in [5.41, 5.74) is 5.03. The number of piperidine rings is 1. The number of benzene rings is 12. The largest absolute Gasteiger partial charge is 0.506 e. The third-order valence-electron chi connectivity index (χ3n) is 23.0. The first kappa shape index (κ1) is 96.3. The van der Waals surface area contributed by atoms with Gasteiger partial charge < -0.3 is 50.7 Å². The molecule has 2 saturated carbocycles. The molecule has 4 aliphatic rings. The number of phenolic OH excluding ortho intramolecular Hbond substituents is 4. The van der Waals surface area contributed by atoms with Crippen LogP contribution in [0.2, 0.25) is 0 Å². The summed E-state index contributed by atoms with van der Waals surface area (Å²) in [6, 6.07) is 61.6. The van der Waals surface area contributed by atoms with Gasteiger partial charge in [-0.3, -0.25) is 38.1 Å². The Morgan fingerprint density at radius 3 is 0.762 bits per heavy atom. The molecule has 0 aromatic heterocycles. The number of hydrogen-bond donors (Lipinski definition) is 12. The molecule has 0 amide bonds. The number of nitrogens with one attached hydrogen (secondary N) is 4. The lowest BCUT2D eigenvalue weighted by molar-refractivity contribution is -0.134. The van der Waals surface area contributed by atoms with Gasteiger partial charge in [0.2, 0.25) is 0 Å². The Kier molecular flexibility index (Phi) is 32.7. The first-order valence-electron chi connectivity index (χ1n) is 42.8. The van der Waals surface area contributed by atoms with E-state index in [0.717, 1.165) is 173 Å². The van der Waals surface area contributed by atoms with Gasteiger partial charge in [-0.25, -0.2) is 33.7 Å². The molecular formula is C96H102N6O20S8. The first-order chi connectivity index (χ1) is 62.4. The number of carbonyl (C=O) groups is 4. The highest BCUT2D eigenvalue weighted by Gasteiger charge is 2.29. The molecule has 0 bridgehead atoms. The van der Waals surface area contributed by atoms with E-state index >= 15 is 0 Å². The minimum absolute atomic E-state index is 0.0600. The summed E-state index contributed by atoms with van der Waals surface area (Å²) in [4.78, 5) is 50.3. The number of fused-ring (bicyclic) bond motifs is 4. The maximum Gasteiger partial charge on any atom is 0.313 e. The fraction of sp³-hybridized carbons (Fsp3) is 0.292. The van der Waals surface area contributed by atoms with E-state index in [1.807, 2.05) is 24.3 Å². The molecule has 2 aliphatic heterocycles. The lowest BCUT2D eigenvalue weighted by atomic mass is 9.84. The Labute approximate surface area is 772 Å². The van der Waals surface area contributed by atoms with Gasteiger partial charge in [-0.05, 0) is 166 Å². The second kappa shape index (κ2) is 44.1. The Balaban J connectivity index is 0.000000148. The summed E-state index contributed by atoms with van der Waals surface area (Å²) in [5.74, 6) is -4.61. The molecule has 130 heavy (non-hydrogen) atoms. The van der Waals surface area contributed by atoms with E-state index in [-0.39, 0.29) is 77.0 Å². The Morgan fingerprint density at radius 1 is 0.277 bits per heavy atom. The van der Waals surface area contributed by atoms with E-state index in [1.54, 1.807) is 170 Å². The molecule has 0 atom stereocenters. The van der Waals surface area contributed by atoms with Crippen LogP contribution in [0.3, 0.4) is 0 Å². The first-order valence-corrected chi connectivity index (χ1v) is 52.7. The molecule has 34 heteroatoms. The number of thioether (sulfide) groups is 4. The highest BCUT2D eigenvalue weighted by atomic mass is 32.2. The molecule has 2 saturated heterocycles. The molecule has 4 fully saturated rings. The zero-order valence-corrected chi connectivity index (χ0v) is 77.5. The minimum Gasteiger partial charge on any atom is -0.506 e. The number of carboxylic acids is 4. The van der Waals surface area contributed by atoms with Crippen molar-refractivity contribution in [3.63, 3.8) is 0 Å². The van der Waals surface area contributed by atoms with Crippen LogP contribution in [0.15, 0.2) is 258 Å². The molecule has 0 radical (unpaired) electrons. The number of aliphatic carboxylic acids is 4. The number of nitrogens with zero attached hydrogens (tertiary/aromatic N) is 2. The molecular weight excluding hydrogens is 1810 g/mol. The normalized spacial score (nSPS) is 14.9. The Morgan fingerprint density at radius 2 is 0.500 bits per heavy atom. The molecule has 2 heterocycles. The maximum atomic E-state index is 13.3. The summed E-state index contributed by atoms with van der Waals surface area (Å²) < 4.78 is 117. The quantitative estimate of drug-likeness (QED) is 0.0123. The fourth-order valence-corrected chi connectivity index (χ4v) is 24.0. The number of anilines is 6. The number of phenols is 4. The lowest BCUT2D eigenvalue weighted by Crippen LogP contribution is -2.29. The summed E-state index contributed by atoms with van der Waals surface area (Å²) in [5, 5.41) is 82.4. The third-order valence-corrected chi connectivity index (χ3v) is 32.5. The van der Waals surface area contributed by atoms with Crippen molar-refractivity contribution in [2.75, 3.05) is 77.9 Å². The third kappa shape index (κ3) is 24.9. The van der Waals surface area contributed by atoms with E-state index in [9.17, 15) is 73.3 Å². The van der Waals surface area contributed by atoms with Gasteiger partial charge in [0.15, 0.2) is 0 Å². The van der Waals surface area contributed by atoms with Gasteiger partial charge in [0.05, 0.1) is 84.9 Å². The Bertz CT molecular complexity index is 6230. The monoisotopic (exact) mass is 1910 g/mol. The van der Waals surface area contributed by atoms with E-state index in [1.165, 1.54) is 62.8 Å². The van der Waals surface area contributed by atoms with Crippen LogP contribution in [0.25, 0.3) is 43.1 Å². The minimum atomic E-state index is -3.92. The van der Waals surface area contributed by atoms with Crippen LogP contribution >= 0.6 is 47.0 Å². The second-order valence-corrected chi connectivity index (χ2v) is 42.8. The van der Waals surface area contributed by atoms with Gasteiger partial charge in [0.1, 0.15) is 23.0 Å². The van der Waals surface area contributed by atoms with Gasteiger partial charge in [-0.1, -0.05) is 191 Å². The maximum absolute atomic E-state index is 13.3. The van der Waals surface area contributed by atoms with Crippen LogP contribution in [-0.4, -0.2) is 148 Å². The van der Waals surface area contributed by atoms with E-state index in [4.69, 9.17) is 20.4 Å². The zero-order valence-electron chi connectivity index (χ0n) is 71.0. The van der Waals surface area contributed by atoms with Crippen molar-refractivity contribution < 1.29 is 93.7 Å². The molecule has 0 spiro atoms. The smallest absolute Gasteiger partial charge is 0.313 e. The van der Waals surface area contributed by atoms with Gasteiger partial charge >= 0.3 is 23.9 Å². The number of carboxylic acid groups (broad SMARTS) is 4. The van der Waals surface area contributed by atoms with Crippen LogP contribution in [0.1, 0.15) is 139 Å². The molecule has 26 nitrogen and oxygen atoms in total. The molecule has 684 valence electrons. The predicted octanol–water partition coefficient (Wildman–Crippen LogP) is 20.9. The SMILES string of the molecule is O=C(O)CSc1cc(NS(=O)(=O)c2cccc(C3CCCCC3)c2)c2ccccc2c1O.O=C(O)CSc1cc(NS(=O)(=O)c2cccc(C3CCCCCC3)c2)c2ccccc2c1O.O=C(O)CSc1cc(NS(=O)(=O)c2cccc(N3CCCCC3)c2)c2ccccc2c1O.O=C(O)CSc1cc(NS(=O)(=O)c2cccc(N3CCCCCC3)c2)c2ccccc2c1O. The average Bonchev–Trinajstić information content (AvgIpc) is 0.857. The second-order valence-electron chi connectivity index (χ2n) is 32.0. The summed E-state index contributed by atoms with van der Waals surface area (Å²) >= 11 is 3.76. The van der Waals surface area contributed by atoms with Crippen molar-refractivity contribution in [2.45, 2.75) is 167 Å². The van der Waals surface area contributed by atoms with E-state index in [2.05, 4.69) is 28.7 Å². The van der Waals surface area contributed by atoms with Crippen molar-refractivity contribution in [1.82, 2.24) is 0 Å². The molecule has 16 rings (SSSR count). The van der Waals surface area contributed by atoms with Crippen LogP contribution in [-0.2, 0) is 59.3 Å². The summed E-state index contributed by atoms with van der Waals surface area (Å²) in [7, 11) is -15.6. The van der Waals surface area contributed by atoms with Crippen LogP contribution < -0.4 is 28.7 Å². The number of aromatic hydroxyl groups is 4. The Hall–Kier alpha value is -11.2. The zero-order chi connectivity index (χ0) is 92.3. The van der Waals surface area contributed by atoms with Crippen LogP contribution in [0, 0.1) is 0 Å². The van der Waals surface area contributed by atoms with Crippen molar-refractivity contribution >= 4 is 188 Å². The van der Waals surface area contributed by atoms with Crippen molar-refractivity contribution in [3.05, 3.63) is 230 Å². The van der Waals surface area contributed by atoms with Crippen LogP contribution in [0.4, 0.5) is 34.1 Å². The highest BCUT2D eigenvalue weighted by molar-refractivity contribution is 8.01. The van der Waals surface area contributed by atoms with Crippen molar-refractivity contribution in [3.8, 4) is 23.0 Å². The average molecular weight is 1920 g/mol. The molecule has 2 aliphatic carbocycles. The standard InChI is InChI=1S/C25H27NO5S2.C24H26N2O5S2.C24H25NO5S2.C23H24N2O5S2/c27-24(28)16-32-23-15-22(20-12-5-6-13-21(20)25(23)29)26-33(30,31)19-11-7-10-18(14-19)17-8-3-1-2-4-9-17;27-23(28)16-32-22-15-21(19-10-3-4-11-20(19)24(22)29)25-33(30,31)18-9-7-8-17(14-18)26-12-5-1-2-6-13-26;26-23(27)15-31-22-14-21(19-11-4-5-12-20(19)24(22)28)25-32(29,30)18-10-6-9-17(13-18)16-7-2-1-3-8-16;26-22(27)15-31-21-14-20(18-9-2-3-10-19(18)23(21)28)24-32(29,30)17-8-6-7-16(13-17)25-11-4-1-5-12-25/h5-7,10-15,17,26,29H,1-4,8-9,16H2,(H,27,28);3-4,7-11,14-15,25,29H,1-2,5-6,12-13,16H2,(H,27,28);4-6,9-14,16,25,28H,1-3,7-8,15H2,(H,26,27);2-3,6-10,13-14,24,28H,1,4-5,11-12,15H2,(H,26,27). The number of rotatable bonds is 28. The van der Waals surface area contributed by atoms with Crippen LogP contribution in [0.5, 0.6) is 23.0 Å². The van der Waals surface area contributed by atoms with Gasteiger partial charge in [0.25, 0.3) is 40.1 Å². The topological polar surface area (TPSA) is 421 Å². The molecule has 12 N–H and O–H groups in total. The van der Waals surface area contributed by atoms with E-state index < -0.39 is 64.0 Å². The predicted molar refractivity (Wildman–Crippen MR) is 518 cm³/mol. The molecule has 12 aromatic carbocycles. The number of sulfonamides is 4. The molecule has 12 aromatic rings. The van der Waals surface area contributed by atoms with Gasteiger partial charge in [-0.2, -0.15) is 0 Å². The summed E-state index contributed by atoms with van der Waals surface area (Å²) in [6.07, 6.45) is 20.5. The fourth-order valence-electron chi connectivity index (χ4n) is 16.6. The highest BCUT2D eigenvalue weighted by Crippen LogP contribution is 2.47. The van der Waals surface area contributed by atoms with Gasteiger partial charge in [-0.15, -0.1) is 47.0 Å². The van der Waals surface area contributed by atoms with Gasteiger partial charge in [0, 0.05) is 80.6 Å². The molecule has 0 unspecified atom stereocenters. The van der Waals surface area contributed by atoms with E-state index in [0.29, 0.717) is 85.9 Å². The van der Waals surface area contributed by atoms with Crippen molar-refractivity contribution in [2.24, 2.45) is 0 Å². The summed E-state index contributed by atoms with van der Waals surface area (Å²) in [6.45, 7) is 3.63. The lowest BCUT2D eigenvalue weighted by Gasteiger charge is -2.29.